The molecular formula is C15H29BrN2O3. The van der Waals surface area contributed by atoms with E-state index in [4.69, 9.17) is 4.74 Å². The van der Waals surface area contributed by atoms with Crippen LogP contribution in [-0.4, -0.2) is 61.0 Å². The molecular weight excluding hydrogens is 336 g/mol. The van der Waals surface area contributed by atoms with E-state index < -0.39 is 5.97 Å². The van der Waals surface area contributed by atoms with Crippen molar-refractivity contribution in [3.63, 3.8) is 0 Å². The maximum Gasteiger partial charge on any atom is 0.315 e. The van der Waals surface area contributed by atoms with Gasteiger partial charge in [-0.15, -0.1) is 17.0 Å². The zero-order chi connectivity index (χ0) is 15.0. The van der Waals surface area contributed by atoms with Crippen LogP contribution in [0.2, 0.25) is 0 Å². The largest absolute Gasteiger partial charge is 0.459 e. The van der Waals surface area contributed by atoms with Gasteiger partial charge >= 0.3 is 5.97 Å². The van der Waals surface area contributed by atoms with Crippen LogP contribution < -0.4 is 0 Å². The fourth-order valence-corrected chi connectivity index (χ4v) is 2.37. The minimum Gasteiger partial charge on any atom is -0.459 e. The number of ether oxygens (including phenoxy) is 1. The van der Waals surface area contributed by atoms with Crippen molar-refractivity contribution in [3.05, 3.63) is 0 Å². The van der Waals surface area contributed by atoms with E-state index in [-0.39, 0.29) is 35.4 Å². The van der Waals surface area contributed by atoms with Gasteiger partial charge in [-0.1, -0.05) is 26.7 Å². The van der Waals surface area contributed by atoms with Crippen LogP contribution in [0, 0.1) is 0 Å². The third kappa shape index (κ3) is 7.81. The minimum atomic E-state index is -0.393. The van der Waals surface area contributed by atoms with Crippen molar-refractivity contribution in [2.45, 2.75) is 52.1 Å². The molecule has 21 heavy (non-hydrogen) atoms. The van der Waals surface area contributed by atoms with Crippen molar-refractivity contribution < 1.29 is 14.3 Å². The van der Waals surface area contributed by atoms with Gasteiger partial charge in [0.25, 0.3) is 0 Å². The van der Waals surface area contributed by atoms with Crippen LogP contribution >= 0.6 is 17.0 Å². The molecule has 0 bridgehead atoms. The fourth-order valence-electron chi connectivity index (χ4n) is 2.37. The molecule has 1 unspecified atom stereocenters. The summed E-state index contributed by atoms with van der Waals surface area (Å²) >= 11 is 0. The van der Waals surface area contributed by atoms with Gasteiger partial charge in [0.05, 0.1) is 6.54 Å². The van der Waals surface area contributed by atoms with Crippen molar-refractivity contribution in [1.29, 1.82) is 0 Å². The van der Waals surface area contributed by atoms with Crippen LogP contribution in [0.25, 0.3) is 0 Å². The number of rotatable bonds is 8. The quantitative estimate of drug-likeness (QED) is 0.489. The molecule has 0 N–H and O–H groups in total. The minimum absolute atomic E-state index is 0. The standard InChI is InChI=1S/C15H28N2O3.BrH/c1-4-6-8-17(9-7-5-2)12-13-11-16(3)14(18)10-15(19)20-13;/h13H,4-12H2,1-3H3;1H. The molecule has 0 saturated carbocycles. The zero-order valence-corrected chi connectivity index (χ0v) is 15.2. The first-order chi connectivity index (χ1) is 9.56. The summed E-state index contributed by atoms with van der Waals surface area (Å²) in [5.41, 5.74) is 0. The Bertz CT molecular complexity index is 318. The summed E-state index contributed by atoms with van der Waals surface area (Å²) in [5.74, 6) is -0.540. The van der Waals surface area contributed by atoms with Gasteiger partial charge in [-0.3, -0.25) is 14.5 Å². The van der Waals surface area contributed by atoms with Gasteiger partial charge in [-0.25, -0.2) is 0 Å². The summed E-state index contributed by atoms with van der Waals surface area (Å²) in [5, 5.41) is 0. The predicted octanol–water partition coefficient (Wildman–Crippen LogP) is 2.24. The number of carbonyl (C=O) groups excluding carboxylic acids is 2. The number of amides is 1. The van der Waals surface area contributed by atoms with E-state index in [9.17, 15) is 9.59 Å². The molecule has 0 aromatic heterocycles. The average molecular weight is 365 g/mol. The Labute approximate surface area is 138 Å². The summed E-state index contributed by atoms with van der Waals surface area (Å²) in [6.07, 6.45) is 4.29. The molecule has 1 aliphatic rings. The highest BCUT2D eigenvalue weighted by atomic mass is 79.9. The van der Waals surface area contributed by atoms with E-state index in [1.54, 1.807) is 11.9 Å². The van der Waals surface area contributed by atoms with E-state index in [0.29, 0.717) is 6.54 Å². The third-order valence-electron chi connectivity index (χ3n) is 3.61. The SMILES string of the molecule is Br.CCCCN(CCCC)CC1CN(C)C(=O)CC(=O)O1. The summed E-state index contributed by atoms with van der Waals surface area (Å²) in [7, 11) is 1.74. The molecule has 1 amide bonds. The first kappa shape index (κ1) is 20.4. The van der Waals surface area contributed by atoms with E-state index >= 15 is 0 Å². The van der Waals surface area contributed by atoms with Gasteiger partial charge < -0.3 is 9.64 Å². The normalized spacial score (nSPS) is 19.2. The molecule has 0 spiro atoms. The molecule has 0 aliphatic carbocycles. The second-order valence-electron chi connectivity index (χ2n) is 5.57. The molecule has 1 saturated heterocycles. The van der Waals surface area contributed by atoms with Crippen LogP contribution in [0.5, 0.6) is 0 Å². The van der Waals surface area contributed by atoms with Crippen molar-refractivity contribution in [3.8, 4) is 0 Å². The highest BCUT2D eigenvalue weighted by molar-refractivity contribution is 8.93. The lowest BCUT2D eigenvalue weighted by molar-refractivity contribution is -0.149. The van der Waals surface area contributed by atoms with Crippen LogP contribution in [0.15, 0.2) is 0 Å². The molecule has 1 rings (SSSR count). The second kappa shape index (κ2) is 11.0. The number of hydrogen-bond acceptors (Lipinski definition) is 4. The zero-order valence-electron chi connectivity index (χ0n) is 13.5. The number of nitrogens with zero attached hydrogens (tertiary/aromatic N) is 2. The Kier molecular flexibility index (Phi) is 10.7. The van der Waals surface area contributed by atoms with E-state index in [1.807, 2.05) is 0 Å². The Hall–Kier alpha value is -0.620. The number of esters is 1. The molecule has 6 heteroatoms. The lowest BCUT2D eigenvalue weighted by atomic mass is 10.2. The Morgan fingerprint density at radius 3 is 2.29 bits per heavy atom. The van der Waals surface area contributed by atoms with Gasteiger partial charge in [-0.2, -0.15) is 0 Å². The number of halogens is 1. The molecule has 124 valence electrons. The molecule has 0 radical (unpaired) electrons. The van der Waals surface area contributed by atoms with Crippen molar-refractivity contribution in [1.82, 2.24) is 9.80 Å². The number of unbranched alkanes of at least 4 members (excludes halogenated alkanes) is 2. The highest BCUT2D eigenvalue weighted by Crippen LogP contribution is 2.10. The number of carbonyl (C=O) groups is 2. The van der Waals surface area contributed by atoms with Gasteiger partial charge in [-0.05, 0) is 25.9 Å². The Morgan fingerprint density at radius 1 is 1.19 bits per heavy atom. The molecule has 1 atom stereocenters. The van der Waals surface area contributed by atoms with Gasteiger partial charge in [0.15, 0.2) is 0 Å². The maximum absolute atomic E-state index is 11.6. The van der Waals surface area contributed by atoms with E-state index in [0.717, 1.165) is 45.3 Å². The molecule has 1 heterocycles. The summed E-state index contributed by atoms with van der Waals surface area (Å²) < 4.78 is 5.40. The Morgan fingerprint density at radius 2 is 1.76 bits per heavy atom. The molecule has 0 aromatic carbocycles. The van der Waals surface area contributed by atoms with Gasteiger partial charge in [0.1, 0.15) is 12.5 Å². The molecule has 1 aliphatic heterocycles. The van der Waals surface area contributed by atoms with Crippen LogP contribution in [0.1, 0.15) is 46.0 Å². The van der Waals surface area contributed by atoms with E-state index in [1.165, 1.54) is 0 Å². The average Bonchev–Trinajstić information content (AvgIpc) is 2.52. The van der Waals surface area contributed by atoms with Crippen molar-refractivity contribution in [2.75, 3.05) is 33.2 Å². The molecule has 1 fully saturated rings. The van der Waals surface area contributed by atoms with Gasteiger partial charge in [0.2, 0.25) is 5.91 Å². The highest BCUT2D eigenvalue weighted by Gasteiger charge is 2.27. The first-order valence-electron chi connectivity index (χ1n) is 7.72. The number of hydrogen-bond donors (Lipinski definition) is 0. The van der Waals surface area contributed by atoms with Gasteiger partial charge in [0, 0.05) is 13.6 Å². The lowest BCUT2D eigenvalue weighted by Gasteiger charge is -2.27. The summed E-state index contributed by atoms with van der Waals surface area (Å²) in [6, 6.07) is 0. The maximum atomic E-state index is 11.6. The first-order valence-corrected chi connectivity index (χ1v) is 7.72. The molecule has 0 aromatic rings. The second-order valence-corrected chi connectivity index (χ2v) is 5.57. The lowest BCUT2D eigenvalue weighted by Crippen LogP contribution is -2.41. The van der Waals surface area contributed by atoms with Crippen LogP contribution in [0.4, 0.5) is 0 Å². The summed E-state index contributed by atoms with van der Waals surface area (Å²) in [4.78, 5) is 27.1. The fraction of sp³-hybridized carbons (Fsp3) is 0.867. The number of cyclic esters (lactones) is 1. The number of likely N-dealkylation sites (N-methyl/N-ethyl adjacent to an activating group) is 1. The van der Waals surface area contributed by atoms with Crippen molar-refractivity contribution in [2.24, 2.45) is 0 Å². The monoisotopic (exact) mass is 364 g/mol. The topological polar surface area (TPSA) is 49.9 Å². The predicted molar refractivity (Wildman–Crippen MR) is 88.7 cm³/mol. The Balaban J connectivity index is 0.00000400. The molecule has 5 nitrogen and oxygen atoms in total. The van der Waals surface area contributed by atoms with E-state index in [2.05, 4.69) is 18.7 Å². The van der Waals surface area contributed by atoms with Crippen LogP contribution in [0.3, 0.4) is 0 Å². The summed E-state index contributed by atoms with van der Waals surface area (Å²) in [6.45, 7) is 7.64. The third-order valence-corrected chi connectivity index (χ3v) is 3.61. The van der Waals surface area contributed by atoms with Crippen molar-refractivity contribution >= 4 is 28.9 Å². The van der Waals surface area contributed by atoms with Crippen LogP contribution in [-0.2, 0) is 14.3 Å². The smallest absolute Gasteiger partial charge is 0.315 e.